The third-order valence-electron chi connectivity index (χ3n) is 1.54. The van der Waals surface area contributed by atoms with Crippen LogP contribution >= 0.6 is 17.2 Å². The van der Waals surface area contributed by atoms with E-state index in [9.17, 15) is 0 Å². The van der Waals surface area contributed by atoms with Gasteiger partial charge in [0.1, 0.15) is 0 Å². The van der Waals surface area contributed by atoms with E-state index in [1.165, 1.54) is 0 Å². The van der Waals surface area contributed by atoms with Gasteiger partial charge in [-0.2, -0.15) is 0 Å². The van der Waals surface area contributed by atoms with Crippen LogP contribution in [-0.2, 0) is 0 Å². The molecule has 0 aliphatic rings. The molecule has 56 valence electrons. The molecule has 0 aromatic rings. The summed E-state index contributed by atoms with van der Waals surface area (Å²) in [6.45, 7) is 14.5. The molecule has 10 heavy (non-hydrogen) atoms. The molecule has 0 unspecified atom stereocenters. The summed E-state index contributed by atoms with van der Waals surface area (Å²) in [5, 5.41) is 0. The van der Waals surface area contributed by atoms with Gasteiger partial charge >= 0.3 is 66.8 Å². The summed E-state index contributed by atoms with van der Waals surface area (Å²) in [6.07, 6.45) is 0. The van der Waals surface area contributed by atoms with E-state index in [0.29, 0.717) is 0 Å². The molecule has 0 fully saturated rings. The van der Waals surface area contributed by atoms with Crippen LogP contribution in [0.4, 0.5) is 0 Å². The third-order valence-corrected chi connectivity index (χ3v) is 6.28. The quantitative estimate of drug-likeness (QED) is 0.559. The summed E-state index contributed by atoms with van der Waals surface area (Å²) in [5.41, 5.74) is 0. The van der Waals surface area contributed by atoms with Gasteiger partial charge < -0.3 is 0 Å². The molecule has 0 rings (SSSR count). The number of rotatable bonds is 4. The first-order valence-electron chi connectivity index (χ1n) is 2.83. The third kappa shape index (κ3) is 1.39. The van der Waals surface area contributed by atoms with Gasteiger partial charge in [0.05, 0.1) is 0 Å². The van der Waals surface area contributed by atoms with E-state index >= 15 is 0 Å². The van der Waals surface area contributed by atoms with Gasteiger partial charge in [0.15, 0.2) is 0 Å². The Morgan fingerprint density at radius 2 is 1.00 bits per heavy atom. The van der Waals surface area contributed by atoms with Crippen LogP contribution in [0.25, 0.3) is 0 Å². The van der Waals surface area contributed by atoms with Gasteiger partial charge in [-0.3, -0.25) is 0 Å². The molecule has 0 heterocycles. The molecule has 2 heteroatoms. The van der Waals surface area contributed by atoms with E-state index in [4.69, 9.17) is 11.2 Å². The Balaban J connectivity index is 5.16. The van der Waals surface area contributed by atoms with E-state index in [1.807, 2.05) is 0 Å². The molecule has 0 radical (unpaired) electrons. The number of hydrogen-bond donors (Lipinski definition) is 0. The van der Waals surface area contributed by atoms with Crippen LogP contribution in [0.1, 0.15) is 0 Å². The Morgan fingerprint density at radius 1 is 0.800 bits per heavy atom. The summed E-state index contributed by atoms with van der Waals surface area (Å²) < 4.78 is 0. The fourth-order valence-electron chi connectivity index (χ4n) is 0.447. The van der Waals surface area contributed by atoms with E-state index in [2.05, 4.69) is 26.3 Å². The van der Waals surface area contributed by atoms with Crippen LogP contribution in [0, 0.1) is 0 Å². The molecule has 0 aliphatic carbocycles. The molecule has 0 N–H and O–H groups in total. The van der Waals surface area contributed by atoms with Crippen LogP contribution in [0.5, 0.6) is 0 Å². The van der Waals surface area contributed by atoms with Crippen LogP contribution < -0.4 is 0 Å². The molecule has 0 aliphatic heterocycles. The van der Waals surface area contributed by atoms with Crippen molar-refractivity contribution in [3.63, 3.8) is 0 Å². The Hall–Kier alpha value is -0.320. The first-order chi connectivity index (χ1) is 4.54. The van der Waals surface area contributed by atoms with E-state index in [1.54, 1.807) is 23.3 Å². The van der Waals surface area contributed by atoms with Gasteiger partial charge in [0.25, 0.3) is 0 Å². The van der Waals surface area contributed by atoms with Crippen molar-refractivity contribution in [2.45, 2.75) is 0 Å². The zero-order valence-electron chi connectivity index (χ0n) is 5.96. The molecular formula is C8H12ClP. The topological polar surface area (TPSA) is 0 Å². The summed E-state index contributed by atoms with van der Waals surface area (Å²) in [5.74, 6) is 4.04. The van der Waals surface area contributed by atoms with Crippen LogP contribution in [0.3, 0.4) is 0 Å². The monoisotopic (exact) mass is 174 g/mol. The van der Waals surface area contributed by atoms with Gasteiger partial charge in [-0.25, -0.2) is 0 Å². The molecule has 0 spiro atoms. The fraction of sp³-hybridized carbons (Fsp3) is 0. The molecule has 0 bridgehead atoms. The first kappa shape index (κ1) is 9.68. The number of halogens is 1. The van der Waals surface area contributed by atoms with Gasteiger partial charge in [-0.15, -0.1) is 0 Å². The Bertz CT molecular complexity index is 150. The average Bonchev–Trinajstić information content (AvgIpc) is 2.04. The van der Waals surface area contributed by atoms with Crippen molar-refractivity contribution in [2.24, 2.45) is 0 Å². The predicted octanol–water partition coefficient (Wildman–Crippen LogP) is 4.27. The Morgan fingerprint density at radius 3 is 1.00 bits per heavy atom. The molecular weight excluding hydrogens is 163 g/mol. The van der Waals surface area contributed by atoms with Gasteiger partial charge in [-0.1, -0.05) is 0 Å². The molecule has 0 nitrogen and oxygen atoms in total. The minimum atomic E-state index is -2.62. The van der Waals surface area contributed by atoms with E-state index in [0.717, 1.165) is 0 Å². The maximum absolute atomic E-state index is 6.19. The standard InChI is InChI=1S/C8H12ClP/c1-5-10(9,6-2,7-3)8-4/h5-8H,1-4H2. The second kappa shape index (κ2) is 2.74. The van der Waals surface area contributed by atoms with Gasteiger partial charge in [-0.05, 0) is 0 Å². The van der Waals surface area contributed by atoms with Gasteiger partial charge in [0.2, 0.25) is 0 Å². The normalized spacial score (nSPS) is 14.3. The van der Waals surface area contributed by atoms with Crippen molar-refractivity contribution in [1.82, 2.24) is 0 Å². The summed E-state index contributed by atoms with van der Waals surface area (Å²) in [4.78, 5) is 0. The zero-order valence-corrected chi connectivity index (χ0v) is 7.61. The molecule has 0 aromatic carbocycles. The van der Waals surface area contributed by atoms with E-state index < -0.39 is 5.96 Å². The number of hydrogen-bond acceptors (Lipinski definition) is 0. The van der Waals surface area contributed by atoms with E-state index in [-0.39, 0.29) is 0 Å². The van der Waals surface area contributed by atoms with Crippen molar-refractivity contribution < 1.29 is 0 Å². The second-order valence-electron chi connectivity index (χ2n) is 2.02. The molecule has 0 saturated heterocycles. The van der Waals surface area contributed by atoms with Crippen molar-refractivity contribution in [3.8, 4) is 0 Å². The molecule has 0 atom stereocenters. The minimum absolute atomic E-state index is 1.67. The second-order valence-corrected chi connectivity index (χ2v) is 8.39. The SMILES string of the molecule is C=CP(Cl)(C=C)(C=C)C=C. The van der Waals surface area contributed by atoms with Crippen LogP contribution in [0.2, 0.25) is 0 Å². The maximum atomic E-state index is 6.19. The van der Waals surface area contributed by atoms with Crippen molar-refractivity contribution in [1.29, 1.82) is 0 Å². The van der Waals surface area contributed by atoms with Crippen molar-refractivity contribution >= 4 is 17.2 Å². The van der Waals surface area contributed by atoms with Crippen LogP contribution in [-0.4, -0.2) is 0 Å². The zero-order chi connectivity index (χ0) is 8.28. The Kier molecular flexibility index (Phi) is 2.65. The summed E-state index contributed by atoms with van der Waals surface area (Å²) in [6, 6.07) is 0. The van der Waals surface area contributed by atoms with Crippen molar-refractivity contribution in [3.05, 3.63) is 49.6 Å². The fourth-order valence-corrected chi connectivity index (χ4v) is 1.34. The van der Waals surface area contributed by atoms with Crippen molar-refractivity contribution in [2.75, 3.05) is 0 Å². The molecule has 0 amide bonds. The summed E-state index contributed by atoms with van der Waals surface area (Å²) >= 11 is 6.19. The predicted molar refractivity (Wildman–Crippen MR) is 53.6 cm³/mol. The average molecular weight is 175 g/mol. The van der Waals surface area contributed by atoms with Gasteiger partial charge in [0, 0.05) is 0 Å². The summed E-state index contributed by atoms with van der Waals surface area (Å²) in [7, 11) is 0. The first-order valence-corrected chi connectivity index (χ1v) is 6.25. The molecule has 0 saturated carbocycles. The molecule has 0 aromatic heterocycles. The van der Waals surface area contributed by atoms with Crippen LogP contribution in [0.15, 0.2) is 49.6 Å². The Labute approximate surface area is 67.3 Å².